The van der Waals surface area contributed by atoms with Gasteiger partial charge < -0.3 is 15.4 Å². The molecule has 1 amide bonds. The average Bonchev–Trinajstić information content (AvgIpc) is 2.86. The summed E-state index contributed by atoms with van der Waals surface area (Å²) in [6.07, 6.45) is 10.7. The Labute approximate surface area is 197 Å². The lowest BCUT2D eigenvalue weighted by molar-refractivity contribution is 0.0958. The molecular formula is C25H25F2N5O2. The highest BCUT2D eigenvalue weighted by atomic mass is 19.1. The van der Waals surface area contributed by atoms with E-state index in [0.29, 0.717) is 11.5 Å². The van der Waals surface area contributed by atoms with Gasteiger partial charge in [0.2, 0.25) is 5.95 Å². The molecule has 1 aliphatic rings. The number of halogens is 2. The van der Waals surface area contributed by atoms with Crippen molar-refractivity contribution in [2.75, 3.05) is 26.0 Å². The molecule has 0 aliphatic heterocycles. The van der Waals surface area contributed by atoms with Crippen molar-refractivity contribution >= 4 is 11.9 Å². The van der Waals surface area contributed by atoms with Gasteiger partial charge in [0, 0.05) is 48.7 Å². The number of hydrogen-bond acceptors (Lipinski definition) is 6. The first kappa shape index (κ1) is 24.6. The Balaban J connectivity index is 0.000000751. The van der Waals surface area contributed by atoms with Crippen LogP contribution in [0.5, 0.6) is 0 Å². The van der Waals surface area contributed by atoms with Gasteiger partial charge >= 0.3 is 0 Å². The van der Waals surface area contributed by atoms with Gasteiger partial charge in [0.15, 0.2) is 0 Å². The van der Waals surface area contributed by atoms with Crippen LogP contribution in [0.1, 0.15) is 28.9 Å². The van der Waals surface area contributed by atoms with Gasteiger partial charge in [-0.15, -0.1) is 0 Å². The zero-order valence-corrected chi connectivity index (χ0v) is 18.9. The van der Waals surface area contributed by atoms with Crippen LogP contribution in [0.3, 0.4) is 0 Å². The maximum atomic E-state index is 14.2. The molecule has 1 fully saturated rings. The second-order valence-corrected chi connectivity index (χ2v) is 7.75. The quantitative estimate of drug-likeness (QED) is 0.539. The van der Waals surface area contributed by atoms with Crippen LogP contribution in [0.25, 0.3) is 11.1 Å². The lowest BCUT2D eigenvalue weighted by atomic mass is 9.65. The van der Waals surface area contributed by atoms with Gasteiger partial charge in [0.05, 0.1) is 12.8 Å². The summed E-state index contributed by atoms with van der Waals surface area (Å²) in [5.41, 5.74) is 1.67. The zero-order valence-electron chi connectivity index (χ0n) is 18.9. The first-order valence-corrected chi connectivity index (χ1v) is 10.5. The van der Waals surface area contributed by atoms with E-state index in [4.69, 9.17) is 0 Å². The molecule has 0 radical (unpaired) electrons. The molecule has 0 atom stereocenters. The predicted molar refractivity (Wildman–Crippen MR) is 125 cm³/mol. The Morgan fingerprint density at radius 1 is 1.21 bits per heavy atom. The fourth-order valence-electron chi connectivity index (χ4n) is 3.79. The van der Waals surface area contributed by atoms with Crippen LogP contribution in [-0.2, 0) is 10.2 Å². The van der Waals surface area contributed by atoms with Crippen molar-refractivity contribution in [2.24, 2.45) is 0 Å². The van der Waals surface area contributed by atoms with Crippen LogP contribution in [0, 0.1) is 18.3 Å². The number of carbonyl (C=O) groups excluding carboxylic acids is 1. The molecule has 1 aliphatic carbocycles. The highest BCUT2D eigenvalue weighted by Crippen LogP contribution is 2.45. The third-order valence-corrected chi connectivity index (χ3v) is 5.53. The number of methoxy groups -OCH3 is 1. The van der Waals surface area contributed by atoms with E-state index >= 15 is 0 Å². The normalized spacial score (nSPS) is 18.4. The van der Waals surface area contributed by atoms with Crippen LogP contribution in [-0.4, -0.2) is 47.7 Å². The molecule has 176 valence electrons. The molecule has 3 aromatic rings. The minimum Gasteiger partial charge on any atom is -0.450 e. The van der Waals surface area contributed by atoms with Crippen LogP contribution >= 0.6 is 0 Å². The minimum atomic E-state index is -0.968. The Hall–Kier alpha value is -4.06. The Morgan fingerprint density at radius 2 is 1.91 bits per heavy atom. The molecule has 0 unspecified atom stereocenters. The molecule has 2 aromatic heterocycles. The standard InChI is InChI=1S/C22H21F2N5O.C3H4O/c1-25-20(30)15-5-2-4-14(8-15)16-11-27-21(28-12-16)29-13-22(9-17(23)10-22)19-18(24)6-3-7-26-19;1-3-4-2/h2-8,11-12,17H,9-10,13H2,1H3,(H,25,30)(H,27,28,29);1H,2H3. The fraction of sp³-hybridized carbons (Fsp3) is 0.280. The number of anilines is 1. The van der Waals surface area contributed by atoms with Gasteiger partial charge in [-0.2, -0.15) is 0 Å². The van der Waals surface area contributed by atoms with Gasteiger partial charge in [-0.25, -0.2) is 18.7 Å². The van der Waals surface area contributed by atoms with E-state index in [2.05, 4.69) is 36.7 Å². The number of carbonyl (C=O) groups is 1. The van der Waals surface area contributed by atoms with Gasteiger partial charge in [0.25, 0.3) is 5.91 Å². The molecule has 34 heavy (non-hydrogen) atoms. The second-order valence-electron chi connectivity index (χ2n) is 7.75. The molecule has 4 rings (SSSR count). The number of hydrogen-bond donors (Lipinski definition) is 2. The number of nitrogens with zero attached hydrogens (tertiary/aromatic N) is 3. The van der Waals surface area contributed by atoms with Gasteiger partial charge in [-0.05, 0) is 42.7 Å². The number of nitrogens with one attached hydrogen (secondary N) is 2. The maximum Gasteiger partial charge on any atom is 0.251 e. The maximum absolute atomic E-state index is 14.2. The summed E-state index contributed by atoms with van der Waals surface area (Å²) in [6.45, 7) is 0.285. The molecule has 1 aromatic carbocycles. The van der Waals surface area contributed by atoms with Gasteiger partial charge in [0.1, 0.15) is 18.1 Å². The first-order valence-electron chi connectivity index (χ1n) is 10.5. The van der Waals surface area contributed by atoms with E-state index in [9.17, 15) is 13.6 Å². The lowest BCUT2D eigenvalue weighted by Gasteiger charge is -2.43. The van der Waals surface area contributed by atoms with E-state index in [1.807, 2.05) is 12.2 Å². The molecule has 0 bridgehead atoms. The van der Waals surface area contributed by atoms with Crippen molar-refractivity contribution in [3.63, 3.8) is 0 Å². The Morgan fingerprint density at radius 3 is 2.50 bits per heavy atom. The summed E-state index contributed by atoms with van der Waals surface area (Å²) >= 11 is 0. The second kappa shape index (κ2) is 11.2. The number of benzene rings is 1. The zero-order chi connectivity index (χ0) is 24.6. The van der Waals surface area contributed by atoms with Crippen LogP contribution in [0.2, 0.25) is 0 Å². The number of pyridine rings is 1. The largest absolute Gasteiger partial charge is 0.450 e. The van der Waals surface area contributed by atoms with Crippen molar-refractivity contribution in [1.29, 1.82) is 0 Å². The van der Waals surface area contributed by atoms with Crippen LogP contribution in [0.4, 0.5) is 14.7 Å². The van der Waals surface area contributed by atoms with Gasteiger partial charge in [-0.3, -0.25) is 9.78 Å². The molecular weight excluding hydrogens is 440 g/mol. The molecule has 0 saturated heterocycles. The number of aromatic nitrogens is 3. The average molecular weight is 466 g/mol. The lowest BCUT2D eigenvalue weighted by Crippen LogP contribution is -2.49. The van der Waals surface area contributed by atoms with Crippen molar-refractivity contribution in [2.45, 2.75) is 24.4 Å². The summed E-state index contributed by atoms with van der Waals surface area (Å²) in [4.78, 5) is 24.6. The SMILES string of the molecule is C#COC.CNC(=O)c1cccc(-c2cnc(NCC3(c4ncccc4F)CC(F)C3)nc2)c1. The minimum absolute atomic E-state index is 0.172. The van der Waals surface area contributed by atoms with Crippen molar-refractivity contribution < 1.29 is 18.3 Å². The number of rotatable bonds is 6. The molecule has 2 heterocycles. The number of ether oxygens (including phenoxy) is 1. The van der Waals surface area contributed by atoms with Crippen molar-refractivity contribution in [3.8, 4) is 23.7 Å². The van der Waals surface area contributed by atoms with Crippen LogP contribution < -0.4 is 10.6 Å². The Kier molecular flexibility index (Phi) is 8.09. The number of alkyl halides is 1. The van der Waals surface area contributed by atoms with E-state index in [-0.39, 0.29) is 31.0 Å². The molecule has 2 N–H and O–H groups in total. The topological polar surface area (TPSA) is 89.0 Å². The highest BCUT2D eigenvalue weighted by molar-refractivity contribution is 5.95. The monoisotopic (exact) mass is 465 g/mol. The molecule has 0 spiro atoms. The summed E-state index contributed by atoms with van der Waals surface area (Å²) in [7, 11) is 3.02. The summed E-state index contributed by atoms with van der Waals surface area (Å²) in [6, 6.07) is 10.0. The molecule has 1 saturated carbocycles. The smallest absolute Gasteiger partial charge is 0.251 e. The van der Waals surface area contributed by atoms with Crippen molar-refractivity contribution in [3.05, 3.63) is 72.1 Å². The van der Waals surface area contributed by atoms with E-state index in [0.717, 1.165) is 11.1 Å². The first-order chi connectivity index (χ1) is 16.4. The van der Waals surface area contributed by atoms with E-state index in [1.165, 1.54) is 25.4 Å². The summed E-state index contributed by atoms with van der Waals surface area (Å²) in [5.74, 6) is -0.243. The van der Waals surface area contributed by atoms with Crippen LogP contribution in [0.15, 0.2) is 55.0 Å². The number of amides is 1. The van der Waals surface area contributed by atoms with Crippen molar-refractivity contribution in [1.82, 2.24) is 20.3 Å². The molecule has 9 heteroatoms. The van der Waals surface area contributed by atoms with Gasteiger partial charge in [-0.1, -0.05) is 18.6 Å². The predicted octanol–water partition coefficient (Wildman–Crippen LogP) is 3.74. The third-order valence-electron chi connectivity index (χ3n) is 5.53. The summed E-state index contributed by atoms with van der Waals surface area (Å²) < 4.78 is 32.0. The third kappa shape index (κ3) is 5.64. The fourth-order valence-corrected chi connectivity index (χ4v) is 3.79. The van der Waals surface area contributed by atoms with E-state index in [1.54, 1.807) is 37.6 Å². The Bertz CT molecular complexity index is 1160. The van der Waals surface area contributed by atoms with E-state index < -0.39 is 17.4 Å². The molecule has 7 nitrogen and oxygen atoms in total. The number of terminal acetylenes is 1. The summed E-state index contributed by atoms with van der Waals surface area (Å²) in [5, 5.41) is 5.68. The highest BCUT2D eigenvalue weighted by Gasteiger charge is 2.48.